The minimum absolute atomic E-state index is 0.0283. The fraction of sp³-hybridized carbons (Fsp3) is 0.182. The van der Waals surface area contributed by atoms with Crippen LogP contribution in [0.4, 0.5) is 0 Å². The molecule has 0 N–H and O–H groups in total. The quantitative estimate of drug-likeness (QED) is 0.502. The van der Waals surface area contributed by atoms with E-state index >= 15 is 0 Å². The molecule has 0 radical (unpaired) electrons. The first-order valence-corrected chi connectivity index (χ1v) is 9.22. The molecule has 0 saturated carbocycles. The van der Waals surface area contributed by atoms with Crippen LogP contribution in [0, 0.1) is 20.8 Å². The number of aryl methyl sites for hydroxylation is 3. The van der Waals surface area contributed by atoms with Crippen molar-refractivity contribution in [3.8, 4) is 17.1 Å². The Bertz CT molecular complexity index is 1290. The third-order valence-corrected chi connectivity index (χ3v) is 4.79. The van der Waals surface area contributed by atoms with Crippen LogP contribution in [0.5, 0.6) is 0 Å². The second-order valence-electron chi connectivity index (χ2n) is 7.03. The van der Waals surface area contributed by atoms with E-state index in [9.17, 15) is 9.59 Å². The number of rotatable bonds is 4. The van der Waals surface area contributed by atoms with Gasteiger partial charge in [0.15, 0.2) is 0 Å². The molecule has 0 saturated heterocycles. The minimum Gasteiger partial charge on any atom is -0.337 e. The van der Waals surface area contributed by atoms with Crippen molar-refractivity contribution >= 4 is 0 Å². The van der Waals surface area contributed by atoms with Gasteiger partial charge in [-0.2, -0.15) is 4.98 Å². The molecule has 2 aromatic heterocycles. The summed E-state index contributed by atoms with van der Waals surface area (Å²) in [5.41, 5.74) is 3.21. The number of nitrogens with zero attached hydrogens (tertiary/aromatic N) is 4. The van der Waals surface area contributed by atoms with Crippen molar-refractivity contribution in [1.29, 1.82) is 0 Å². The van der Waals surface area contributed by atoms with E-state index < -0.39 is 11.1 Å². The molecular formula is C22H20N4O3. The molecule has 2 heterocycles. The molecule has 0 bridgehead atoms. The van der Waals surface area contributed by atoms with Crippen molar-refractivity contribution in [3.05, 3.63) is 98.1 Å². The van der Waals surface area contributed by atoms with Crippen molar-refractivity contribution in [2.75, 3.05) is 0 Å². The highest BCUT2D eigenvalue weighted by Gasteiger charge is 2.14. The van der Waals surface area contributed by atoms with Crippen molar-refractivity contribution in [2.45, 2.75) is 27.3 Å². The van der Waals surface area contributed by atoms with Crippen molar-refractivity contribution < 1.29 is 4.52 Å². The van der Waals surface area contributed by atoms with Gasteiger partial charge in [0, 0.05) is 18.0 Å². The van der Waals surface area contributed by atoms with E-state index in [0.717, 1.165) is 27.9 Å². The van der Waals surface area contributed by atoms with Gasteiger partial charge in [-0.05, 0) is 38.0 Å². The van der Waals surface area contributed by atoms with E-state index in [1.54, 1.807) is 12.4 Å². The molecule has 0 unspecified atom stereocenters. The van der Waals surface area contributed by atoms with Gasteiger partial charge in [-0.1, -0.05) is 47.1 Å². The fourth-order valence-corrected chi connectivity index (χ4v) is 3.36. The van der Waals surface area contributed by atoms with Gasteiger partial charge in [0.05, 0.1) is 5.69 Å². The summed E-state index contributed by atoms with van der Waals surface area (Å²) >= 11 is 0. The SMILES string of the molecule is Cc1cccc(-c2noc(Cn3ccn(-c4c(C)cccc4C)c(=O)c3=O)n2)c1. The largest absolute Gasteiger partial charge is 0.337 e. The van der Waals surface area contributed by atoms with Crippen LogP contribution in [0.2, 0.25) is 0 Å². The molecular weight excluding hydrogens is 368 g/mol. The Morgan fingerprint density at radius 3 is 2.38 bits per heavy atom. The molecule has 0 fully saturated rings. The van der Waals surface area contributed by atoms with Gasteiger partial charge in [0.25, 0.3) is 0 Å². The Morgan fingerprint density at radius 2 is 1.66 bits per heavy atom. The lowest BCUT2D eigenvalue weighted by Crippen LogP contribution is -2.40. The molecule has 4 aromatic rings. The Morgan fingerprint density at radius 1 is 0.931 bits per heavy atom. The van der Waals surface area contributed by atoms with Crippen molar-refractivity contribution in [1.82, 2.24) is 19.3 Å². The standard InChI is InChI=1S/C22H20N4O3/c1-14-6-4-9-17(12-14)20-23-18(29-24-20)13-25-10-11-26(22(28)21(25)27)19-15(2)7-5-8-16(19)3/h4-12H,13H2,1-3H3. The van der Waals surface area contributed by atoms with E-state index in [0.29, 0.717) is 5.82 Å². The van der Waals surface area contributed by atoms with Gasteiger partial charge in [-0.25, -0.2) is 0 Å². The number of hydrogen-bond acceptors (Lipinski definition) is 5. The number of para-hydroxylation sites is 1. The second kappa shape index (κ2) is 7.35. The summed E-state index contributed by atoms with van der Waals surface area (Å²) in [6, 6.07) is 13.5. The van der Waals surface area contributed by atoms with Crippen LogP contribution in [-0.4, -0.2) is 19.3 Å². The maximum atomic E-state index is 12.7. The summed E-state index contributed by atoms with van der Waals surface area (Å²) in [6.45, 7) is 5.83. The van der Waals surface area contributed by atoms with Crippen molar-refractivity contribution in [2.24, 2.45) is 0 Å². The minimum atomic E-state index is -0.648. The van der Waals surface area contributed by atoms with Crippen LogP contribution < -0.4 is 11.1 Å². The first kappa shape index (κ1) is 18.6. The van der Waals surface area contributed by atoms with Gasteiger partial charge in [-0.15, -0.1) is 0 Å². The lowest BCUT2D eigenvalue weighted by atomic mass is 10.1. The van der Waals surface area contributed by atoms with Gasteiger partial charge < -0.3 is 4.52 Å². The molecule has 4 rings (SSSR count). The molecule has 0 atom stereocenters. The summed E-state index contributed by atoms with van der Waals surface area (Å²) < 4.78 is 7.94. The molecule has 7 nitrogen and oxygen atoms in total. The second-order valence-corrected chi connectivity index (χ2v) is 7.03. The van der Waals surface area contributed by atoms with Crippen molar-refractivity contribution in [3.63, 3.8) is 0 Å². The Labute approximate surface area is 166 Å². The summed E-state index contributed by atoms with van der Waals surface area (Å²) in [6.07, 6.45) is 3.16. The van der Waals surface area contributed by atoms with Crippen LogP contribution in [0.3, 0.4) is 0 Å². The number of aromatic nitrogens is 4. The zero-order valence-corrected chi connectivity index (χ0v) is 16.4. The summed E-state index contributed by atoms with van der Waals surface area (Å²) in [5.74, 6) is 0.702. The zero-order valence-electron chi connectivity index (χ0n) is 16.4. The molecule has 2 aromatic carbocycles. The number of hydrogen-bond donors (Lipinski definition) is 0. The summed E-state index contributed by atoms with van der Waals surface area (Å²) in [4.78, 5) is 29.7. The Kier molecular flexibility index (Phi) is 4.72. The highest BCUT2D eigenvalue weighted by Crippen LogP contribution is 2.18. The maximum absolute atomic E-state index is 12.7. The molecule has 0 aliphatic rings. The molecule has 7 heteroatoms. The first-order chi connectivity index (χ1) is 13.9. The lowest BCUT2D eigenvalue weighted by molar-refractivity contribution is 0.369. The molecule has 0 aliphatic heterocycles. The van der Waals surface area contributed by atoms with Crippen LogP contribution >= 0.6 is 0 Å². The molecule has 146 valence electrons. The summed E-state index contributed by atoms with van der Waals surface area (Å²) in [5, 5.41) is 3.98. The lowest BCUT2D eigenvalue weighted by Gasteiger charge is -2.12. The topological polar surface area (TPSA) is 82.9 Å². The first-order valence-electron chi connectivity index (χ1n) is 9.22. The Hall–Kier alpha value is -3.74. The average Bonchev–Trinajstić information content (AvgIpc) is 3.16. The van der Waals surface area contributed by atoms with E-state index in [-0.39, 0.29) is 12.4 Å². The number of benzene rings is 2. The van der Waals surface area contributed by atoms with Crippen LogP contribution in [0.1, 0.15) is 22.6 Å². The van der Waals surface area contributed by atoms with E-state index in [4.69, 9.17) is 4.52 Å². The molecule has 0 aliphatic carbocycles. The normalized spacial score (nSPS) is 11.0. The molecule has 0 amide bonds. The predicted molar refractivity (Wildman–Crippen MR) is 109 cm³/mol. The highest BCUT2D eigenvalue weighted by atomic mass is 16.5. The van der Waals surface area contributed by atoms with Crippen LogP contribution in [0.25, 0.3) is 17.1 Å². The van der Waals surface area contributed by atoms with E-state index in [1.807, 2.05) is 63.2 Å². The summed E-state index contributed by atoms with van der Waals surface area (Å²) in [7, 11) is 0. The Balaban J connectivity index is 1.67. The fourth-order valence-electron chi connectivity index (χ4n) is 3.36. The smallest absolute Gasteiger partial charge is 0.321 e. The van der Waals surface area contributed by atoms with E-state index in [1.165, 1.54) is 9.13 Å². The maximum Gasteiger partial charge on any atom is 0.321 e. The van der Waals surface area contributed by atoms with Gasteiger partial charge in [-0.3, -0.25) is 18.7 Å². The highest BCUT2D eigenvalue weighted by molar-refractivity contribution is 5.55. The predicted octanol–water partition coefficient (Wildman–Crippen LogP) is 3.02. The van der Waals surface area contributed by atoms with Gasteiger partial charge in [0.1, 0.15) is 6.54 Å². The zero-order chi connectivity index (χ0) is 20.5. The average molecular weight is 388 g/mol. The van der Waals surface area contributed by atoms with Gasteiger partial charge in [0.2, 0.25) is 11.7 Å². The van der Waals surface area contributed by atoms with Gasteiger partial charge >= 0.3 is 11.1 Å². The van der Waals surface area contributed by atoms with Crippen LogP contribution in [0.15, 0.2) is 69.0 Å². The molecule has 29 heavy (non-hydrogen) atoms. The molecule has 0 spiro atoms. The van der Waals surface area contributed by atoms with E-state index in [2.05, 4.69) is 10.1 Å². The van der Waals surface area contributed by atoms with Crippen LogP contribution in [-0.2, 0) is 6.54 Å². The third-order valence-electron chi connectivity index (χ3n) is 4.79. The third kappa shape index (κ3) is 3.54. The monoisotopic (exact) mass is 388 g/mol.